The third-order valence-corrected chi connectivity index (χ3v) is 5.59. The second kappa shape index (κ2) is 10.2. The van der Waals surface area contributed by atoms with Crippen LogP contribution in [0.1, 0.15) is 30.9 Å². The molecule has 0 fully saturated rings. The monoisotopic (exact) mass is 451 g/mol. The summed E-state index contributed by atoms with van der Waals surface area (Å²) in [5.41, 5.74) is 0.308. The first-order chi connectivity index (χ1) is 14.8. The molecule has 8 heteroatoms. The van der Waals surface area contributed by atoms with Gasteiger partial charge in [0, 0.05) is 24.5 Å². The molecule has 1 heterocycles. The lowest BCUT2D eigenvalue weighted by molar-refractivity contribution is -0.137. The summed E-state index contributed by atoms with van der Waals surface area (Å²) in [5, 5.41) is 6.88. The van der Waals surface area contributed by atoms with Crippen LogP contribution in [0.2, 0.25) is 5.02 Å². The summed E-state index contributed by atoms with van der Waals surface area (Å²) in [6.07, 6.45) is -2.58. The Kier molecular flexibility index (Phi) is 7.62. The number of nitrogens with one attached hydrogen (secondary N) is 3. The highest BCUT2D eigenvalue weighted by atomic mass is 35.5. The number of pyridine rings is 1. The van der Waals surface area contributed by atoms with E-state index in [9.17, 15) is 18.0 Å². The highest BCUT2D eigenvalue weighted by molar-refractivity contribution is 6.32. The molecule has 0 spiro atoms. The van der Waals surface area contributed by atoms with E-state index >= 15 is 0 Å². The van der Waals surface area contributed by atoms with Gasteiger partial charge in [-0.2, -0.15) is 13.2 Å². The van der Waals surface area contributed by atoms with E-state index in [1.54, 1.807) is 18.2 Å². The molecule has 2 aromatic carbocycles. The largest absolute Gasteiger partial charge is 0.417 e. The van der Waals surface area contributed by atoms with Crippen molar-refractivity contribution in [3.05, 3.63) is 74.9 Å². The number of hydrogen-bond acceptors (Lipinski definition) is 3. The highest BCUT2D eigenvalue weighted by Gasteiger charge is 2.33. The second-order valence-electron chi connectivity index (χ2n) is 7.54. The van der Waals surface area contributed by atoms with Crippen LogP contribution < -0.4 is 16.1 Å². The molecule has 0 aliphatic carbocycles. The van der Waals surface area contributed by atoms with E-state index in [1.807, 2.05) is 18.2 Å². The lowest BCUT2D eigenvalue weighted by atomic mass is 10.0. The molecule has 1 unspecified atom stereocenters. The predicted molar refractivity (Wildman–Crippen MR) is 120 cm³/mol. The predicted octanol–water partition coefficient (Wildman–Crippen LogP) is 5.82. The van der Waals surface area contributed by atoms with Crippen LogP contribution >= 0.6 is 11.6 Å². The van der Waals surface area contributed by atoms with Gasteiger partial charge in [-0.15, -0.1) is 0 Å². The van der Waals surface area contributed by atoms with E-state index in [1.165, 1.54) is 6.07 Å². The van der Waals surface area contributed by atoms with Crippen LogP contribution in [0.4, 0.5) is 19.0 Å². The number of aromatic amines is 1. The number of alkyl halides is 3. The fourth-order valence-electron chi connectivity index (χ4n) is 3.58. The topological polar surface area (TPSA) is 56.9 Å². The number of hydrogen-bond donors (Lipinski definition) is 3. The number of benzene rings is 2. The molecule has 1 aromatic heterocycles. The summed E-state index contributed by atoms with van der Waals surface area (Å²) in [6, 6.07) is 12.8. The number of aromatic nitrogens is 1. The van der Waals surface area contributed by atoms with Gasteiger partial charge in [0.2, 0.25) is 0 Å². The van der Waals surface area contributed by atoms with Crippen LogP contribution in [0, 0.1) is 5.92 Å². The van der Waals surface area contributed by atoms with E-state index in [0.29, 0.717) is 29.9 Å². The lowest BCUT2D eigenvalue weighted by Crippen LogP contribution is -2.28. The molecule has 4 nitrogen and oxygen atoms in total. The van der Waals surface area contributed by atoms with Gasteiger partial charge in [-0.1, -0.05) is 49.2 Å². The van der Waals surface area contributed by atoms with Crippen LogP contribution in [-0.4, -0.2) is 18.1 Å². The molecule has 3 N–H and O–H groups in total. The molecule has 0 saturated carbocycles. The fraction of sp³-hybridized carbons (Fsp3) is 0.348. The zero-order valence-corrected chi connectivity index (χ0v) is 17.9. The number of para-hydroxylation sites is 1. The maximum absolute atomic E-state index is 13.0. The Hall–Kier alpha value is -2.51. The first-order valence-electron chi connectivity index (χ1n) is 10.2. The van der Waals surface area contributed by atoms with Crippen molar-refractivity contribution in [2.45, 2.75) is 32.5 Å². The van der Waals surface area contributed by atoms with Crippen molar-refractivity contribution < 1.29 is 13.2 Å². The van der Waals surface area contributed by atoms with E-state index in [2.05, 4.69) is 22.5 Å². The van der Waals surface area contributed by atoms with Crippen LogP contribution in [0.3, 0.4) is 0 Å². The molecule has 1 atom stereocenters. The summed E-state index contributed by atoms with van der Waals surface area (Å²) < 4.78 is 39.1. The van der Waals surface area contributed by atoms with Crippen molar-refractivity contribution in [2.75, 3.05) is 18.4 Å². The minimum Gasteiger partial charge on any atom is -0.371 e. The normalized spacial score (nSPS) is 12.8. The third kappa shape index (κ3) is 6.02. The zero-order valence-electron chi connectivity index (χ0n) is 17.2. The van der Waals surface area contributed by atoms with Gasteiger partial charge in [0.1, 0.15) is 5.82 Å². The van der Waals surface area contributed by atoms with Crippen molar-refractivity contribution in [1.82, 2.24) is 10.3 Å². The van der Waals surface area contributed by atoms with E-state index in [0.717, 1.165) is 24.4 Å². The summed E-state index contributed by atoms with van der Waals surface area (Å²) in [7, 11) is 0. The van der Waals surface area contributed by atoms with Gasteiger partial charge in [0.25, 0.3) is 0 Å². The fourth-order valence-corrected chi connectivity index (χ4v) is 3.88. The number of anilines is 1. The van der Waals surface area contributed by atoms with Crippen LogP contribution in [-0.2, 0) is 12.7 Å². The Labute approximate surface area is 183 Å². The summed E-state index contributed by atoms with van der Waals surface area (Å²) >= 11 is 5.97. The minimum absolute atomic E-state index is 0.0544. The number of fused-ring (bicyclic) bond motifs is 1. The first-order valence-corrected chi connectivity index (χ1v) is 10.6. The molecule has 0 radical (unpaired) electrons. The van der Waals surface area contributed by atoms with E-state index in [4.69, 9.17) is 11.6 Å². The molecule has 166 valence electrons. The molecule has 0 aliphatic rings. The van der Waals surface area contributed by atoms with Crippen LogP contribution in [0.25, 0.3) is 10.9 Å². The molecule has 0 amide bonds. The lowest BCUT2D eigenvalue weighted by Gasteiger charge is -2.19. The van der Waals surface area contributed by atoms with Crippen LogP contribution in [0.15, 0.2) is 53.3 Å². The van der Waals surface area contributed by atoms with E-state index < -0.39 is 11.7 Å². The minimum atomic E-state index is -4.47. The smallest absolute Gasteiger partial charge is 0.371 e. The summed E-state index contributed by atoms with van der Waals surface area (Å²) in [6.45, 7) is 3.54. The van der Waals surface area contributed by atoms with Gasteiger partial charge in [-0.05, 0) is 42.6 Å². The second-order valence-corrected chi connectivity index (χ2v) is 7.91. The van der Waals surface area contributed by atoms with Gasteiger partial charge in [-0.3, -0.25) is 4.79 Å². The Balaban J connectivity index is 1.60. The molecule has 31 heavy (non-hydrogen) atoms. The Bertz CT molecular complexity index is 1080. The molecule has 0 saturated heterocycles. The molecule has 0 bridgehead atoms. The van der Waals surface area contributed by atoms with Gasteiger partial charge in [-0.25, -0.2) is 0 Å². The third-order valence-electron chi connectivity index (χ3n) is 5.15. The average molecular weight is 452 g/mol. The Morgan fingerprint density at radius 1 is 1.10 bits per heavy atom. The van der Waals surface area contributed by atoms with Crippen LogP contribution in [0.5, 0.6) is 0 Å². The van der Waals surface area contributed by atoms with Crippen molar-refractivity contribution >= 4 is 28.3 Å². The summed E-state index contributed by atoms with van der Waals surface area (Å²) in [5.74, 6) is 0.871. The Morgan fingerprint density at radius 2 is 1.87 bits per heavy atom. The standard InChI is InChI=1S/C23H25ClF3N3O/c1-2-6-15(12-28-14-16-7-5-9-18(22(16)24)23(25,26)27)13-29-21-11-20(31)17-8-3-4-10-19(17)30-21/h3-5,7-11,15,28H,2,6,12-14H2,1H3,(H2,29,30,31). The van der Waals surface area contributed by atoms with Crippen molar-refractivity contribution in [1.29, 1.82) is 0 Å². The van der Waals surface area contributed by atoms with Gasteiger partial charge in [0.15, 0.2) is 5.43 Å². The molecular weight excluding hydrogens is 427 g/mol. The Morgan fingerprint density at radius 3 is 2.61 bits per heavy atom. The van der Waals surface area contributed by atoms with Crippen molar-refractivity contribution in [3.8, 4) is 0 Å². The molecular formula is C23H25ClF3N3O. The van der Waals surface area contributed by atoms with Crippen molar-refractivity contribution in [2.24, 2.45) is 5.92 Å². The maximum Gasteiger partial charge on any atom is 0.417 e. The van der Waals surface area contributed by atoms with E-state index in [-0.39, 0.29) is 22.9 Å². The van der Waals surface area contributed by atoms with Gasteiger partial charge >= 0.3 is 6.18 Å². The zero-order chi connectivity index (χ0) is 22.4. The highest BCUT2D eigenvalue weighted by Crippen LogP contribution is 2.36. The molecule has 3 rings (SSSR count). The number of rotatable bonds is 9. The summed E-state index contributed by atoms with van der Waals surface area (Å²) in [4.78, 5) is 15.5. The molecule has 0 aliphatic heterocycles. The number of H-pyrrole nitrogens is 1. The molecule has 3 aromatic rings. The SMILES string of the molecule is CCCC(CNCc1cccc(C(F)(F)F)c1Cl)CNc1cc(=O)c2ccccc2[nH]1. The maximum atomic E-state index is 13.0. The van der Waals surface area contributed by atoms with Crippen molar-refractivity contribution in [3.63, 3.8) is 0 Å². The first kappa shape index (κ1) is 23.2. The van der Waals surface area contributed by atoms with Gasteiger partial charge < -0.3 is 15.6 Å². The van der Waals surface area contributed by atoms with Gasteiger partial charge in [0.05, 0.1) is 16.1 Å². The number of halogens is 4. The quantitative estimate of drug-likeness (QED) is 0.384. The average Bonchev–Trinajstić information content (AvgIpc) is 2.72.